The van der Waals surface area contributed by atoms with Crippen LogP contribution in [-0.4, -0.2) is 225 Å². The Morgan fingerprint density at radius 3 is 1.54 bits per heavy atom. The number of nitrogens with one attached hydrogen (secondary N) is 7. The molecule has 0 aliphatic carbocycles. The van der Waals surface area contributed by atoms with E-state index in [-0.39, 0.29) is 68.8 Å². The molecule has 10 rings (SSSR count). The predicted octanol–water partition coefficient (Wildman–Crippen LogP) is 15.9. The fourth-order valence-electron chi connectivity index (χ4n) is 11.4. The molecular formula is C88H119Br5N20O15. The van der Waals surface area contributed by atoms with E-state index in [9.17, 15) is 43.2 Å². The first kappa shape index (κ1) is 108. The third-order valence-corrected chi connectivity index (χ3v) is 19.3. The van der Waals surface area contributed by atoms with E-state index >= 15 is 0 Å². The number of aromatic amines is 1. The summed E-state index contributed by atoms with van der Waals surface area (Å²) in [6.07, 6.45) is 10.8. The maximum Gasteiger partial charge on any atom is 0.416 e. The van der Waals surface area contributed by atoms with Gasteiger partial charge in [0.2, 0.25) is 17.7 Å². The normalized spacial score (nSPS) is 12.3. The summed E-state index contributed by atoms with van der Waals surface area (Å²) in [6.45, 7) is 30.9. The first-order chi connectivity index (χ1) is 59.9. The molecule has 0 saturated heterocycles. The number of likely N-dealkylation sites (N-methyl/N-ethyl adjacent to an activating group) is 3. The van der Waals surface area contributed by atoms with Gasteiger partial charge in [-0.15, -0.1) is 0 Å². The number of ether oxygens (including phenoxy) is 6. The second kappa shape index (κ2) is 50.9. The van der Waals surface area contributed by atoms with Crippen molar-refractivity contribution in [3.8, 4) is 0 Å². The Morgan fingerprint density at radius 2 is 0.992 bits per heavy atom. The van der Waals surface area contributed by atoms with Gasteiger partial charge in [-0.05, 0) is 257 Å². The van der Waals surface area contributed by atoms with Crippen molar-refractivity contribution >= 4 is 186 Å². The molecule has 2 aliphatic heterocycles. The Morgan fingerprint density at radius 1 is 0.539 bits per heavy atom. The molecule has 0 saturated carbocycles. The van der Waals surface area contributed by atoms with Crippen molar-refractivity contribution in [3.05, 3.63) is 176 Å². The zero-order valence-corrected chi connectivity index (χ0v) is 84.5. The van der Waals surface area contributed by atoms with Crippen molar-refractivity contribution in [3.63, 3.8) is 0 Å². The van der Waals surface area contributed by atoms with Crippen LogP contribution in [0.1, 0.15) is 147 Å². The smallest absolute Gasteiger partial charge is 0.416 e. The Balaban J connectivity index is 0.000000281. The lowest BCUT2D eigenvalue weighted by Crippen LogP contribution is -2.42. The quantitative estimate of drug-likeness (QED) is 0.0188. The van der Waals surface area contributed by atoms with Gasteiger partial charge in [-0.25, -0.2) is 54.0 Å². The number of aryl methyl sites for hydroxylation is 1. The Kier molecular flexibility index (Phi) is 42.9. The molecule has 1 aromatic carbocycles. The van der Waals surface area contributed by atoms with E-state index in [2.05, 4.69) is 153 Å². The molecule has 128 heavy (non-hydrogen) atoms. The number of carbonyl (C=O) groups is 9. The molecule has 0 atom stereocenters. The molecule has 0 spiro atoms. The molecule has 8 aromatic rings. The van der Waals surface area contributed by atoms with Crippen LogP contribution in [0.5, 0.6) is 0 Å². The Labute approximate surface area is 790 Å². The number of nitrogens with two attached hydrogens (primary N) is 1. The number of pyridine rings is 6. The first-order valence-corrected chi connectivity index (χ1v) is 44.5. The molecule has 0 radical (unpaired) electrons. The minimum Gasteiger partial charge on any atom is -0.465 e. The van der Waals surface area contributed by atoms with Crippen LogP contribution in [0, 0.1) is 6.92 Å². The molecule has 0 unspecified atom stereocenters. The largest absolute Gasteiger partial charge is 0.465 e. The second-order valence-electron chi connectivity index (χ2n) is 33.0. The summed E-state index contributed by atoms with van der Waals surface area (Å²) >= 11 is 16.7. The minimum absolute atomic E-state index is 0.0227. The molecule has 0 fully saturated rings. The lowest BCUT2D eigenvalue weighted by molar-refractivity contribution is -0.142. The van der Waals surface area contributed by atoms with E-state index in [0.29, 0.717) is 78.2 Å². The number of fused-ring (bicyclic) bond motifs is 3. The standard InChI is InChI=1S/C23H25N5O2.C21H32BrN3O6.C17H26BrN3O4.C11H16BrN3O2.C9H10BrN3O.C7H10BrN3/c1-15-19(18-6-4-5-7-20(18)26-15)14-28(3)21(29)9-8-16-10-17-13-27(2)22(30)12-25-23(17)24-11-16;1-9-29-16(26)13-25(19(28)31-21(5,6)7)17-14(10-15(22)11-23-17)12-24(8)18(27)30-20(2,3)4;1-16(2,3)24-14(22)20-13-11(8-12(18)9-19-13)10-21(7)15(23)25-17(4,5)6;1-3-17-10(16)7-15-11-8(5-13-2)4-9(12)6-14-11;1-13-5-6-2-7(10)3-11-9(6)12-4-8(13)14;1-10-3-5-2-6(8)4-11-7(5)9/h4-11,26H,12-14H2,1-3H3,(H,24,25);10-11H,9,12-13H2,1-8H3;8-9H,10H2,1-7H3,(H,19,20,22);4,6,13H,3,5,7H2,1-2H3,(H,14,15);2-3H,4-5H2,1H3,(H,11,12);2,4,10H,3H2,1H3,(H2,9,11)/b9-8+;;;;;. The Hall–Kier alpha value is -10.7. The van der Waals surface area contributed by atoms with Gasteiger partial charge in [0, 0.05) is 184 Å². The van der Waals surface area contributed by atoms with E-state index in [1.54, 1.807) is 202 Å². The SMILES string of the molecule is CCOC(=O)CN(C(=O)OC(C)(C)C)c1ncc(Br)cc1CN(C)C(=O)OC(C)(C)C.CCOC(=O)CNc1ncc(Br)cc1CNC.CN(Cc1cc(Br)cnc1NC(=O)OC(C)(C)C)C(=O)OC(C)(C)C.CN1Cc2cc(Br)cnc2NCC1=O.CNCc1cc(Br)cnc1N.Cc1[nH]c2ccccc2c1CN(C)C(=O)/C=C/c1cnc2c(c1)CN(C)C(=O)CN2. The first-order valence-electron chi connectivity index (χ1n) is 40.5. The number of H-pyrrole nitrogens is 1. The molecule has 696 valence electrons. The predicted molar refractivity (Wildman–Crippen MR) is 513 cm³/mol. The number of anilines is 6. The maximum absolute atomic E-state index is 12.9. The fraction of sp³-hybridized carbons (Fsp3) is 0.443. The van der Waals surface area contributed by atoms with Crippen LogP contribution in [0.25, 0.3) is 17.0 Å². The number of para-hydroxylation sites is 1. The van der Waals surface area contributed by atoms with Gasteiger partial charge in [-0.2, -0.15) is 0 Å². The topological polar surface area (TPSA) is 420 Å². The third kappa shape index (κ3) is 38.3. The highest BCUT2D eigenvalue weighted by atomic mass is 79.9. The molecule has 35 nitrogen and oxygen atoms in total. The van der Waals surface area contributed by atoms with Crippen molar-refractivity contribution in [1.82, 2.24) is 70.0 Å². The van der Waals surface area contributed by atoms with E-state index in [4.69, 9.17) is 34.2 Å². The van der Waals surface area contributed by atoms with E-state index in [1.807, 2.05) is 63.5 Å². The molecule has 0 bridgehead atoms. The zero-order chi connectivity index (χ0) is 95.7. The summed E-state index contributed by atoms with van der Waals surface area (Å²) in [4.78, 5) is 146. The average Bonchev–Trinajstić information content (AvgIpc) is 1.47. The van der Waals surface area contributed by atoms with Crippen LogP contribution >= 0.6 is 79.6 Å². The number of carbonyl (C=O) groups excluding carboxylic acids is 9. The minimum atomic E-state index is -0.785. The highest BCUT2D eigenvalue weighted by Crippen LogP contribution is 2.30. The molecule has 9 N–H and O–H groups in total. The number of esters is 2. The van der Waals surface area contributed by atoms with Crippen LogP contribution < -0.4 is 42.5 Å². The highest BCUT2D eigenvalue weighted by Gasteiger charge is 2.32. The third-order valence-electron chi connectivity index (χ3n) is 17.1. The van der Waals surface area contributed by atoms with Gasteiger partial charge in [-0.3, -0.25) is 29.3 Å². The summed E-state index contributed by atoms with van der Waals surface area (Å²) in [6, 6.07) is 19.5. The van der Waals surface area contributed by atoms with Crippen LogP contribution in [0.4, 0.5) is 54.1 Å². The maximum atomic E-state index is 12.9. The lowest BCUT2D eigenvalue weighted by atomic mass is 10.1. The molecule has 40 heteroatoms. The van der Waals surface area contributed by atoms with E-state index < -0.39 is 52.7 Å². The van der Waals surface area contributed by atoms with Crippen LogP contribution in [0.15, 0.2) is 126 Å². The summed E-state index contributed by atoms with van der Waals surface area (Å²) < 4.78 is 35.4. The summed E-state index contributed by atoms with van der Waals surface area (Å²) in [5, 5.41) is 18.8. The monoisotopic (exact) mass is 2090 g/mol. The van der Waals surface area contributed by atoms with Gasteiger partial charge in [0.15, 0.2) is 0 Å². The number of hydrogen-bond donors (Lipinski definition) is 8. The number of nitrogen functional groups attached to an aromatic ring is 1. The van der Waals surface area contributed by atoms with E-state index in [0.717, 1.165) is 85.1 Å². The summed E-state index contributed by atoms with van der Waals surface area (Å²) in [7, 11) is 12.3. The highest BCUT2D eigenvalue weighted by molar-refractivity contribution is 9.11. The van der Waals surface area contributed by atoms with Crippen molar-refractivity contribution in [2.75, 3.05) is 121 Å². The fourth-order valence-corrected chi connectivity index (χ4v) is 13.3. The number of hydrogen-bond acceptors (Lipinski definition) is 27. The van der Waals surface area contributed by atoms with Crippen LogP contribution in [-0.2, 0) is 98.2 Å². The number of rotatable bonds is 21. The van der Waals surface area contributed by atoms with Crippen molar-refractivity contribution in [2.24, 2.45) is 0 Å². The van der Waals surface area contributed by atoms with Gasteiger partial charge in [-0.1, -0.05) is 18.2 Å². The molecular weight excluding hydrogens is 1980 g/mol. The summed E-state index contributed by atoms with van der Waals surface area (Å²) in [5.41, 5.74) is 12.2. The van der Waals surface area contributed by atoms with Crippen molar-refractivity contribution < 1.29 is 71.6 Å². The summed E-state index contributed by atoms with van der Waals surface area (Å²) in [5.74, 6) is 2.42. The Bertz CT molecular complexity index is 5150. The molecule has 9 heterocycles. The van der Waals surface area contributed by atoms with Crippen LogP contribution in [0.2, 0.25) is 0 Å². The lowest BCUT2D eigenvalue weighted by Gasteiger charge is -2.29. The van der Waals surface area contributed by atoms with Crippen molar-refractivity contribution in [2.45, 2.75) is 172 Å². The van der Waals surface area contributed by atoms with Crippen molar-refractivity contribution in [1.29, 1.82) is 0 Å². The molecule has 7 aromatic heterocycles. The number of aromatic nitrogens is 7. The van der Waals surface area contributed by atoms with Gasteiger partial charge < -0.3 is 90.2 Å². The number of halogens is 5. The molecule has 7 amide bonds. The van der Waals surface area contributed by atoms with Crippen LogP contribution in [0.3, 0.4) is 0 Å². The number of benzene rings is 1. The number of nitrogens with zero attached hydrogens (tertiary/aromatic N) is 12. The van der Waals surface area contributed by atoms with Gasteiger partial charge >= 0.3 is 36.3 Å². The van der Waals surface area contributed by atoms with Gasteiger partial charge in [0.1, 0.15) is 70.4 Å². The second-order valence-corrected chi connectivity index (χ2v) is 37.6. The number of amides is 7. The van der Waals surface area contributed by atoms with E-state index in [1.165, 1.54) is 16.0 Å². The average molecular weight is 2100 g/mol. The van der Waals surface area contributed by atoms with Gasteiger partial charge in [0.05, 0.1) is 39.4 Å². The molecule has 2 aliphatic rings. The zero-order valence-electron chi connectivity index (χ0n) is 76.5. The van der Waals surface area contributed by atoms with Gasteiger partial charge in [0.25, 0.3) is 0 Å².